The normalized spacial score (nSPS) is 15.8. The highest BCUT2D eigenvalue weighted by atomic mass is 16.6. The van der Waals surface area contributed by atoms with Crippen molar-refractivity contribution in [2.45, 2.75) is 33.8 Å². The molecule has 0 amide bonds. The first-order valence-corrected chi connectivity index (χ1v) is 7.15. The Morgan fingerprint density at radius 1 is 1.38 bits per heavy atom. The van der Waals surface area contributed by atoms with Crippen molar-refractivity contribution in [2.75, 3.05) is 18.0 Å². The molecule has 0 fully saturated rings. The first-order valence-electron chi connectivity index (χ1n) is 7.15. The number of nitro benzene ring substituents is 1. The van der Waals surface area contributed by atoms with E-state index in [-0.39, 0.29) is 22.6 Å². The number of aliphatic hydroxyl groups excluding tert-OH is 1. The molecule has 0 spiro atoms. The lowest BCUT2D eigenvalue weighted by Gasteiger charge is -2.33. The van der Waals surface area contributed by atoms with Crippen molar-refractivity contribution < 1.29 is 10.0 Å². The van der Waals surface area contributed by atoms with Gasteiger partial charge in [0, 0.05) is 19.2 Å². The van der Waals surface area contributed by atoms with Gasteiger partial charge in [-0.05, 0) is 23.5 Å². The molecule has 0 bridgehead atoms. The average Bonchev–Trinajstić information content (AvgIpc) is 2.45. The smallest absolute Gasteiger partial charge is 0.292 e. The summed E-state index contributed by atoms with van der Waals surface area (Å²) < 4.78 is 0. The van der Waals surface area contributed by atoms with Gasteiger partial charge in [0.05, 0.1) is 11.5 Å². The maximum Gasteiger partial charge on any atom is 0.292 e. The van der Waals surface area contributed by atoms with Crippen LogP contribution in [0.5, 0.6) is 0 Å². The second kappa shape index (κ2) is 5.85. The van der Waals surface area contributed by atoms with Crippen LogP contribution < -0.4 is 4.90 Å². The van der Waals surface area contributed by atoms with Crippen molar-refractivity contribution >= 4 is 11.4 Å². The maximum absolute atomic E-state index is 11.2. The molecule has 1 aliphatic rings. The fourth-order valence-electron chi connectivity index (χ4n) is 2.65. The van der Waals surface area contributed by atoms with Gasteiger partial charge in [-0.25, -0.2) is 0 Å². The van der Waals surface area contributed by atoms with E-state index in [1.54, 1.807) is 12.1 Å². The Bertz CT molecular complexity index is 573. The number of hydrogen-bond donors (Lipinski definition) is 1. The van der Waals surface area contributed by atoms with Crippen molar-refractivity contribution in [2.24, 2.45) is 5.41 Å². The summed E-state index contributed by atoms with van der Waals surface area (Å²) in [5, 5.41) is 20.4. The Hall–Kier alpha value is -1.88. The van der Waals surface area contributed by atoms with Crippen molar-refractivity contribution in [1.29, 1.82) is 0 Å². The maximum atomic E-state index is 11.2. The summed E-state index contributed by atoms with van der Waals surface area (Å²) in [6.07, 6.45) is 3.09. The summed E-state index contributed by atoms with van der Waals surface area (Å²) >= 11 is 0. The molecule has 0 saturated carbocycles. The van der Waals surface area contributed by atoms with E-state index in [9.17, 15) is 10.1 Å². The summed E-state index contributed by atoms with van der Waals surface area (Å²) in [6.45, 7) is 7.84. The molecule has 0 aliphatic carbocycles. The average molecular weight is 290 g/mol. The van der Waals surface area contributed by atoms with Gasteiger partial charge in [0.1, 0.15) is 5.69 Å². The summed E-state index contributed by atoms with van der Waals surface area (Å²) in [5.41, 5.74) is 2.80. The largest absolute Gasteiger partial charge is 0.392 e. The molecule has 0 saturated heterocycles. The van der Waals surface area contributed by atoms with E-state index < -0.39 is 0 Å². The predicted octanol–water partition coefficient (Wildman–Crippen LogP) is 3.27. The Kier molecular flexibility index (Phi) is 4.32. The van der Waals surface area contributed by atoms with Gasteiger partial charge in [0.15, 0.2) is 0 Å². The number of anilines is 1. The van der Waals surface area contributed by atoms with Crippen molar-refractivity contribution in [3.63, 3.8) is 0 Å². The highest BCUT2D eigenvalue weighted by molar-refractivity contribution is 5.65. The number of hydrogen-bond acceptors (Lipinski definition) is 4. The zero-order chi connectivity index (χ0) is 15.6. The number of nitrogens with zero attached hydrogens (tertiary/aromatic N) is 2. The van der Waals surface area contributed by atoms with E-state index in [1.807, 2.05) is 4.90 Å². The predicted molar refractivity (Wildman–Crippen MR) is 83.4 cm³/mol. The first kappa shape index (κ1) is 15.5. The van der Waals surface area contributed by atoms with E-state index in [2.05, 4.69) is 26.8 Å². The molecule has 0 aromatic heterocycles. The lowest BCUT2D eigenvalue weighted by atomic mass is 9.83. The monoisotopic (exact) mass is 290 g/mol. The van der Waals surface area contributed by atoms with E-state index in [4.69, 9.17) is 5.11 Å². The fraction of sp³-hybridized carbons (Fsp3) is 0.500. The molecule has 5 nitrogen and oxygen atoms in total. The second-order valence-corrected chi connectivity index (χ2v) is 6.41. The van der Waals surface area contributed by atoms with Crippen LogP contribution in [0, 0.1) is 15.5 Å². The summed E-state index contributed by atoms with van der Waals surface area (Å²) in [7, 11) is 0. The second-order valence-electron chi connectivity index (χ2n) is 6.41. The van der Waals surface area contributed by atoms with Crippen LogP contribution in [-0.2, 0) is 6.61 Å². The van der Waals surface area contributed by atoms with E-state index in [1.165, 1.54) is 11.6 Å². The summed E-state index contributed by atoms with van der Waals surface area (Å²) in [5.74, 6) is 0. The van der Waals surface area contributed by atoms with Crippen molar-refractivity contribution in [1.82, 2.24) is 0 Å². The quantitative estimate of drug-likeness (QED) is 0.527. The Balaban J connectivity index is 2.28. The molecule has 0 unspecified atom stereocenters. The zero-order valence-electron chi connectivity index (χ0n) is 12.8. The molecule has 1 aliphatic heterocycles. The van der Waals surface area contributed by atoms with Crippen LogP contribution in [0.25, 0.3) is 0 Å². The molecule has 5 heteroatoms. The SMILES string of the molecule is CC(C)(C)C1=CCN(c2ccc(CO)cc2[N+](=O)[O-])CC1. The third-order valence-electron chi connectivity index (χ3n) is 3.93. The van der Waals surface area contributed by atoms with Gasteiger partial charge in [0.25, 0.3) is 5.69 Å². The minimum absolute atomic E-state index is 0.0640. The van der Waals surface area contributed by atoms with Crippen molar-refractivity contribution in [3.8, 4) is 0 Å². The van der Waals surface area contributed by atoms with Gasteiger partial charge in [-0.15, -0.1) is 0 Å². The van der Waals surface area contributed by atoms with Crippen LogP contribution >= 0.6 is 0 Å². The van der Waals surface area contributed by atoms with Crippen molar-refractivity contribution in [3.05, 3.63) is 45.5 Å². The van der Waals surface area contributed by atoms with E-state index >= 15 is 0 Å². The summed E-state index contributed by atoms with van der Waals surface area (Å²) in [6, 6.07) is 4.93. The number of rotatable bonds is 3. The lowest BCUT2D eigenvalue weighted by molar-refractivity contribution is -0.384. The highest BCUT2D eigenvalue weighted by Crippen LogP contribution is 2.35. The first-order chi connectivity index (χ1) is 9.82. The molecule has 114 valence electrons. The number of aliphatic hydroxyl groups is 1. The molecule has 2 rings (SSSR count). The molecule has 1 aromatic carbocycles. The van der Waals surface area contributed by atoms with Crippen LogP contribution in [0.4, 0.5) is 11.4 Å². The summed E-state index contributed by atoms with van der Waals surface area (Å²) in [4.78, 5) is 12.9. The minimum Gasteiger partial charge on any atom is -0.392 e. The standard InChI is InChI=1S/C16H22N2O3/c1-16(2,3)13-6-8-17(9-7-13)14-5-4-12(11-19)10-15(14)18(20)21/h4-6,10,19H,7-9,11H2,1-3H3. The van der Waals surface area contributed by atoms with Crippen LogP contribution in [0.15, 0.2) is 29.8 Å². The third kappa shape index (κ3) is 3.42. The molecule has 0 atom stereocenters. The Morgan fingerprint density at radius 3 is 2.57 bits per heavy atom. The van der Waals surface area contributed by atoms with Gasteiger partial charge in [0.2, 0.25) is 0 Å². The van der Waals surface area contributed by atoms with Gasteiger partial charge in [-0.2, -0.15) is 0 Å². The zero-order valence-corrected chi connectivity index (χ0v) is 12.8. The Labute approximate surface area is 125 Å². The topological polar surface area (TPSA) is 66.6 Å². The number of nitro groups is 1. The van der Waals surface area contributed by atoms with E-state index in [0.717, 1.165) is 13.0 Å². The Morgan fingerprint density at radius 2 is 2.10 bits per heavy atom. The molecular formula is C16H22N2O3. The van der Waals surface area contributed by atoms with Gasteiger partial charge in [-0.3, -0.25) is 10.1 Å². The van der Waals surface area contributed by atoms with Gasteiger partial charge >= 0.3 is 0 Å². The van der Waals surface area contributed by atoms with Gasteiger partial charge in [-0.1, -0.05) is 38.5 Å². The highest BCUT2D eigenvalue weighted by Gasteiger charge is 2.25. The van der Waals surface area contributed by atoms with Crippen LogP contribution in [0.2, 0.25) is 0 Å². The molecular weight excluding hydrogens is 268 g/mol. The number of benzene rings is 1. The fourth-order valence-corrected chi connectivity index (χ4v) is 2.65. The molecule has 1 N–H and O–H groups in total. The molecule has 21 heavy (non-hydrogen) atoms. The molecule has 1 heterocycles. The minimum atomic E-state index is -0.377. The lowest BCUT2D eigenvalue weighted by Crippen LogP contribution is -2.31. The van der Waals surface area contributed by atoms with Crippen LogP contribution in [0.3, 0.4) is 0 Å². The van der Waals surface area contributed by atoms with E-state index in [0.29, 0.717) is 17.8 Å². The van der Waals surface area contributed by atoms with Crippen LogP contribution in [0.1, 0.15) is 32.8 Å². The van der Waals surface area contributed by atoms with Crippen LogP contribution in [-0.4, -0.2) is 23.1 Å². The van der Waals surface area contributed by atoms with Gasteiger partial charge < -0.3 is 10.0 Å². The molecule has 1 aromatic rings. The molecule has 0 radical (unpaired) electrons. The third-order valence-corrected chi connectivity index (χ3v) is 3.93.